The van der Waals surface area contributed by atoms with Crippen LogP contribution in [0.1, 0.15) is 33.3 Å². The molecule has 1 aromatic rings. The molecule has 17 heavy (non-hydrogen) atoms. The van der Waals surface area contributed by atoms with Crippen LogP contribution in [0.2, 0.25) is 10.0 Å². The average Bonchev–Trinajstić information content (AvgIpc) is 2.53. The zero-order valence-corrected chi connectivity index (χ0v) is 12.1. The van der Waals surface area contributed by atoms with Gasteiger partial charge in [-0.05, 0) is 28.5 Å². The summed E-state index contributed by atoms with van der Waals surface area (Å²) in [6.07, 6.45) is 0. The van der Waals surface area contributed by atoms with Gasteiger partial charge in [0.1, 0.15) is 0 Å². The van der Waals surface area contributed by atoms with Gasteiger partial charge in [0.05, 0.1) is 10.7 Å². The summed E-state index contributed by atoms with van der Waals surface area (Å²) in [5.74, 6) is 0. The molecule has 1 aliphatic carbocycles. The van der Waals surface area contributed by atoms with Crippen molar-refractivity contribution in [1.29, 1.82) is 0 Å². The van der Waals surface area contributed by atoms with Crippen LogP contribution in [-0.2, 0) is 5.41 Å². The molecule has 1 aliphatic heterocycles. The van der Waals surface area contributed by atoms with E-state index >= 15 is 0 Å². The molecule has 3 heteroatoms. The van der Waals surface area contributed by atoms with Gasteiger partial charge in [0.25, 0.3) is 0 Å². The van der Waals surface area contributed by atoms with Gasteiger partial charge >= 0.3 is 0 Å². The Hall–Kier alpha value is -0.400. The summed E-state index contributed by atoms with van der Waals surface area (Å²) in [7, 11) is 0. The third-order valence-electron chi connectivity index (χ3n) is 5.68. The van der Waals surface area contributed by atoms with Crippen LogP contribution in [0, 0.1) is 10.8 Å². The van der Waals surface area contributed by atoms with Crippen molar-refractivity contribution < 1.29 is 0 Å². The molecule has 0 bridgehead atoms. The standard InChI is InChI=1S/C14H17Cl2N/c1-12(2)13(3,4)14(12)7-17-11-9(14)5-8(15)6-10(11)16/h5-6,17H,7H2,1-4H3. The first-order valence-corrected chi connectivity index (χ1v) is 6.75. The summed E-state index contributed by atoms with van der Waals surface area (Å²) in [6, 6.07) is 3.90. The second-order valence-electron chi connectivity index (χ2n) is 6.32. The number of hydrogen-bond acceptors (Lipinski definition) is 1. The lowest BCUT2D eigenvalue weighted by molar-refractivity contribution is 0.457. The van der Waals surface area contributed by atoms with Gasteiger partial charge in [-0.2, -0.15) is 0 Å². The monoisotopic (exact) mass is 269 g/mol. The van der Waals surface area contributed by atoms with E-state index in [0.717, 1.165) is 22.3 Å². The second-order valence-corrected chi connectivity index (χ2v) is 7.16. The van der Waals surface area contributed by atoms with Gasteiger partial charge in [-0.1, -0.05) is 50.9 Å². The van der Waals surface area contributed by atoms with Crippen molar-refractivity contribution in [3.8, 4) is 0 Å². The van der Waals surface area contributed by atoms with Crippen LogP contribution in [0.3, 0.4) is 0 Å². The molecule has 1 nitrogen and oxygen atoms in total. The molecule has 1 heterocycles. The van der Waals surface area contributed by atoms with Gasteiger partial charge in [-0.15, -0.1) is 0 Å². The fourth-order valence-corrected chi connectivity index (χ4v) is 4.51. The summed E-state index contributed by atoms with van der Waals surface area (Å²) in [5.41, 5.74) is 3.09. The maximum absolute atomic E-state index is 6.27. The number of nitrogens with one attached hydrogen (secondary N) is 1. The van der Waals surface area contributed by atoms with Crippen LogP contribution in [0.15, 0.2) is 12.1 Å². The minimum absolute atomic E-state index is 0.171. The maximum atomic E-state index is 6.27. The Kier molecular flexibility index (Phi) is 2.02. The largest absolute Gasteiger partial charge is 0.383 e. The van der Waals surface area contributed by atoms with Gasteiger partial charge in [0.15, 0.2) is 0 Å². The van der Waals surface area contributed by atoms with E-state index in [4.69, 9.17) is 23.2 Å². The first-order chi connectivity index (χ1) is 7.75. The van der Waals surface area contributed by atoms with Gasteiger partial charge in [-0.25, -0.2) is 0 Å². The van der Waals surface area contributed by atoms with Crippen LogP contribution in [0.25, 0.3) is 0 Å². The quantitative estimate of drug-likeness (QED) is 0.719. The molecule has 1 spiro atoms. The van der Waals surface area contributed by atoms with Crippen molar-refractivity contribution in [2.45, 2.75) is 33.1 Å². The molecule has 0 saturated heterocycles. The lowest BCUT2D eigenvalue weighted by atomic mass is 9.88. The van der Waals surface area contributed by atoms with Gasteiger partial charge in [0.2, 0.25) is 0 Å². The lowest BCUT2D eigenvalue weighted by Gasteiger charge is -2.15. The highest BCUT2D eigenvalue weighted by molar-refractivity contribution is 6.36. The summed E-state index contributed by atoms with van der Waals surface area (Å²) in [5, 5.41) is 4.94. The van der Waals surface area contributed by atoms with Crippen molar-refractivity contribution >= 4 is 28.9 Å². The molecule has 1 N–H and O–H groups in total. The Morgan fingerprint density at radius 3 is 2.18 bits per heavy atom. The van der Waals surface area contributed by atoms with Crippen LogP contribution < -0.4 is 5.32 Å². The van der Waals surface area contributed by atoms with Crippen molar-refractivity contribution in [1.82, 2.24) is 0 Å². The van der Waals surface area contributed by atoms with Crippen molar-refractivity contribution in [2.24, 2.45) is 10.8 Å². The molecule has 0 unspecified atom stereocenters. The van der Waals surface area contributed by atoms with Crippen molar-refractivity contribution in [3.63, 3.8) is 0 Å². The predicted octanol–water partition coefficient (Wildman–Crippen LogP) is 4.72. The van der Waals surface area contributed by atoms with Crippen molar-refractivity contribution in [3.05, 3.63) is 27.7 Å². The summed E-state index contributed by atoms with van der Waals surface area (Å²) >= 11 is 12.4. The molecule has 2 aliphatic rings. The minimum Gasteiger partial charge on any atom is -0.383 e. The molecule has 0 atom stereocenters. The van der Waals surface area contributed by atoms with E-state index < -0.39 is 0 Å². The van der Waals surface area contributed by atoms with E-state index in [1.807, 2.05) is 6.07 Å². The van der Waals surface area contributed by atoms with Gasteiger partial charge in [0, 0.05) is 17.0 Å². The topological polar surface area (TPSA) is 12.0 Å². The minimum atomic E-state index is 0.171. The molecule has 0 aromatic heterocycles. The van der Waals surface area contributed by atoms with Crippen LogP contribution in [0.5, 0.6) is 0 Å². The third-order valence-corrected chi connectivity index (χ3v) is 6.20. The third kappa shape index (κ3) is 1.04. The van der Waals surface area contributed by atoms with E-state index in [-0.39, 0.29) is 16.2 Å². The molecule has 1 saturated carbocycles. The molecule has 0 radical (unpaired) electrons. The van der Waals surface area contributed by atoms with E-state index in [1.54, 1.807) is 0 Å². The van der Waals surface area contributed by atoms with E-state index in [9.17, 15) is 0 Å². The molecular weight excluding hydrogens is 253 g/mol. The summed E-state index contributed by atoms with van der Waals surface area (Å²) in [4.78, 5) is 0. The number of rotatable bonds is 0. The SMILES string of the molecule is CC1(C)C(C)(C)C12CNc1c(Cl)cc(Cl)cc12. The Labute approximate surface area is 112 Å². The number of hydrogen-bond donors (Lipinski definition) is 1. The fraction of sp³-hybridized carbons (Fsp3) is 0.571. The highest BCUT2D eigenvalue weighted by Crippen LogP contribution is 2.80. The van der Waals surface area contributed by atoms with Crippen LogP contribution >= 0.6 is 23.2 Å². The zero-order valence-electron chi connectivity index (χ0n) is 10.6. The van der Waals surface area contributed by atoms with Crippen LogP contribution in [0.4, 0.5) is 5.69 Å². The number of fused-ring (bicyclic) bond motifs is 2. The van der Waals surface area contributed by atoms with Crippen LogP contribution in [-0.4, -0.2) is 6.54 Å². The number of halogens is 2. The Morgan fingerprint density at radius 2 is 1.65 bits per heavy atom. The molecular formula is C14H17Cl2N. The molecule has 92 valence electrons. The first-order valence-electron chi connectivity index (χ1n) is 5.99. The first kappa shape index (κ1) is 11.7. The van der Waals surface area contributed by atoms with Gasteiger partial charge in [-0.3, -0.25) is 0 Å². The predicted molar refractivity (Wildman–Crippen MR) is 74.2 cm³/mol. The lowest BCUT2D eigenvalue weighted by Crippen LogP contribution is -2.18. The Morgan fingerprint density at radius 1 is 1.06 bits per heavy atom. The smallest absolute Gasteiger partial charge is 0.0655 e. The maximum Gasteiger partial charge on any atom is 0.0655 e. The Balaban J connectivity index is 2.25. The van der Waals surface area contributed by atoms with E-state index in [1.165, 1.54) is 5.56 Å². The van der Waals surface area contributed by atoms with E-state index in [2.05, 4.69) is 39.1 Å². The molecule has 1 fully saturated rings. The number of benzene rings is 1. The number of anilines is 1. The summed E-state index contributed by atoms with van der Waals surface area (Å²) < 4.78 is 0. The fourth-order valence-electron chi connectivity index (χ4n) is 3.95. The molecule has 1 aromatic carbocycles. The highest BCUT2D eigenvalue weighted by atomic mass is 35.5. The van der Waals surface area contributed by atoms with E-state index in [0.29, 0.717) is 0 Å². The van der Waals surface area contributed by atoms with Crippen molar-refractivity contribution in [2.75, 3.05) is 11.9 Å². The zero-order chi connectivity index (χ0) is 12.6. The molecule has 3 rings (SSSR count). The normalized spacial score (nSPS) is 25.5. The second kappa shape index (κ2) is 2.95. The molecule has 0 amide bonds. The Bertz CT molecular complexity index is 503. The summed E-state index contributed by atoms with van der Waals surface area (Å²) in [6.45, 7) is 10.3. The highest BCUT2D eigenvalue weighted by Gasteiger charge is 2.79. The van der Waals surface area contributed by atoms with Gasteiger partial charge < -0.3 is 5.32 Å². The average molecular weight is 270 g/mol.